The molecule has 0 aromatic rings. The molecule has 0 spiro atoms. The van der Waals surface area contributed by atoms with Crippen molar-refractivity contribution in [2.45, 2.75) is 55.4 Å². The molecule has 0 bridgehead atoms. The van der Waals surface area contributed by atoms with Gasteiger partial charge >= 0.3 is 139 Å². The van der Waals surface area contributed by atoms with Gasteiger partial charge in [0.15, 0.2) is 0 Å². The van der Waals surface area contributed by atoms with Crippen LogP contribution in [0.3, 0.4) is 0 Å². The molecule has 0 atom stereocenters. The zero-order valence-corrected chi connectivity index (χ0v) is 18.5. The topological polar surface area (TPSA) is 48.1 Å². The summed E-state index contributed by atoms with van der Waals surface area (Å²) in [6.45, 7) is 22.5. The Kier molecular flexibility index (Phi) is 11.6. The van der Waals surface area contributed by atoms with Crippen molar-refractivity contribution in [1.82, 2.24) is 14.2 Å². The van der Waals surface area contributed by atoms with Gasteiger partial charge in [-0.1, -0.05) is 0 Å². The van der Waals surface area contributed by atoms with Crippen molar-refractivity contribution < 1.29 is 0 Å². The molecule has 0 aliphatic rings. The fourth-order valence-electron chi connectivity index (χ4n) is 1.80. The Bertz CT molecular complexity index is 201. The fraction of sp³-hybridized carbons (Fsp3) is 1.00. The molecule has 0 saturated carbocycles. The monoisotopic (exact) mass is 408 g/mol. The maximum atomic E-state index is 3.88. The molecule has 0 aromatic carbocycles. The molecule has 0 amide bonds. The summed E-state index contributed by atoms with van der Waals surface area (Å²) in [7, 11) is 0. The van der Waals surface area contributed by atoms with Crippen LogP contribution in [-0.4, -0.2) is 45.6 Å². The molecular weight excluding hydrogens is 367 g/mol. The number of hydrogen-bond donors (Lipinski definition) is 4. The summed E-state index contributed by atoms with van der Waals surface area (Å²) in [4.78, 5) is 0. The van der Waals surface area contributed by atoms with Gasteiger partial charge in [0.25, 0.3) is 0 Å². The first-order valence-corrected chi connectivity index (χ1v) is 14.4. The molecule has 0 aromatic heterocycles. The van der Waals surface area contributed by atoms with Crippen molar-refractivity contribution in [1.29, 1.82) is 0 Å². The normalized spacial score (nSPS) is 13.1. The third kappa shape index (κ3) is 11.8. The van der Waals surface area contributed by atoms with Gasteiger partial charge in [-0.05, 0) is 0 Å². The van der Waals surface area contributed by atoms with E-state index in [9.17, 15) is 0 Å². The Labute approximate surface area is 138 Å². The predicted molar refractivity (Wildman–Crippen MR) is 97.1 cm³/mol. The van der Waals surface area contributed by atoms with Crippen molar-refractivity contribution >= 4 is 19.5 Å². The molecule has 0 heterocycles. The Morgan fingerprint density at radius 2 is 0.667 bits per heavy atom. The van der Waals surface area contributed by atoms with Gasteiger partial charge in [0, 0.05) is 0 Å². The summed E-state index contributed by atoms with van der Waals surface area (Å²) in [5.74, 6) is 2.68. The van der Waals surface area contributed by atoms with Crippen molar-refractivity contribution in [2.75, 3.05) is 26.2 Å². The molecule has 4 nitrogen and oxygen atoms in total. The molecule has 0 radical (unpaired) electrons. The summed E-state index contributed by atoms with van der Waals surface area (Å²) < 4.78 is 15.5. The molecule has 5 heteroatoms. The summed E-state index contributed by atoms with van der Waals surface area (Å²) in [6.07, 6.45) is 0. The van der Waals surface area contributed by atoms with E-state index in [0.29, 0.717) is 23.7 Å². The van der Waals surface area contributed by atoms with Crippen LogP contribution in [0.5, 0.6) is 0 Å². The second-order valence-electron chi connectivity index (χ2n) is 7.85. The molecule has 128 valence electrons. The Morgan fingerprint density at radius 1 is 0.476 bits per heavy atom. The molecule has 0 fully saturated rings. The van der Waals surface area contributed by atoms with E-state index in [1.54, 1.807) is 0 Å². The molecule has 0 unspecified atom stereocenters. The van der Waals surface area contributed by atoms with Crippen molar-refractivity contribution in [3.63, 3.8) is 0 Å². The van der Waals surface area contributed by atoms with Crippen LogP contribution in [-0.2, 0) is 0 Å². The molecule has 0 aliphatic heterocycles. The Morgan fingerprint density at radius 3 is 0.810 bits per heavy atom. The molecule has 4 N–H and O–H groups in total. The van der Waals surface area contributed by atoms with Crippen LogP contribution in [0.15, 0.2) is 0 Å². The predicted octanol–water partition coefficient (Wildman–Crippen LogP) is 2.40. The average molecular weight is 407 g/mol. The van der Waals surface area contributed by atoms with E-state index in [-0.39, 0.29) is 0 Å². The van der Waals surface area contributed by atoms with E-state index < -0.39 is 19.5 Å². The first kappa shape index (κ1) is 21.6. The molecule has 21 heavy (non-hydrogen) atoms. The summed E-state index contributed by atoms with van der Waals surface area (Å²) in [5.41, 5.74) is 0. The second kappa shape index (κ2) is 11.2. The van der Waals surface area contributed by atoms with Gasteiger partial charge < -0.3 is 0 Å². The summed E-state index contributed by atoms with van der Waals surface area (Å²) >= 11 is -2.90. The van der Waals surface area contributed by atoms with Crippen molar-refractivity contribution in [2.24, 2.45) is 23.7 Å². The first-order valence-electron chi connectivity index (χ1n) is 8.67. The van der Waals surface area contributed by atoms with E-state index in [2.05, 4.69) is 69.5 Å². The third-order valence-electron chi connectivity index (χ3n) is 3.10. The zero-order chi connectivity index (χ0) is 16.5. The second-order valence-corrected chi connectivity index (χ2v) is 16.2. The summed E-state index contributed by atoms with van der Waals surface area (Å²) in [5, 5.41) is 0. The molecule has 0 aliphatic carbocycles. The van der Waals surface area contributed by atoms with Crippen molar-refractivity contribution in [3.05, 3.63) is 0 Å². The van der Waals surface area contributed by atoms with Gasteiger partial charge in [-0.25, -0.2) is 0 Å². The SMILES string of the molecule is CC(C)C[NH][Sn]([NH]CC(C)C)([NH]CC(C)C)[NH]CC(C)C. The van der Waals surface area contributed by atoms with Crippen LogP contribution in [0.1, 0.15) is 55.4 Å². The summed E-state index contributed by atoms with van der Waals surface area (Å²) in [6, 6.07) is 0. The van der Waals surface area contributed by atoms with Gasteiger partial charge in [-0.15, -0.1) is 0 Å². The number of rotatable bonds is 12. The zero-order valence-electron chi connectivity index (χ0n) is 15.6. The standard InChI is InChI=1S/4C4H10N.Sn/c4*1-4(2)3-5;/h4*4-5H,3H2,1-2H3;/q4*-1;+4. The van der Waals surface area contributed by atoms with Crippen LogP contribution in [0.25, 0.3) is 0 Å². The van der Waals surface area contributed by atoms with Gasteiger partial charge in [-0.2, -0.15) is 0 Å². The number of hydrogen-bond acceptors (Lipinski definition) is 4. The molecular formula is C16H40N4Sn. The van der Waals surface area contributed by atoms with E-state index in [1.165, 1.54) is 0 Å². The van der Waals surface area contributed by atoms with Crippen LogP contribution >= 0.6 is 0 Å². The van der Waals surface area contributed by atoms with E-state index >= 15 is 0 Å². The maximum absolute atomic E-state index is 3.88. The van der Waals surface area contributed by atoms with E-state index in [0.717, 1.165) is 26.2 Å². The van der Waals surface area contributed by atoms with Gasteiger partial charge in [0.1, 0.15) is 0 Å². The van der Waals surface area contributed by atoms with E-state index in [4.69, 9.17) is 0 Å². The van der Waals surface area contributed by atoms with Gasteiger partial charge in [0.2, 0.25) is 0 Å². The minimum absolute atomic E-state index is 0.670. The van der Waals surface area contributed by atoms with Crippen LogP contribution in [0.2, 0.25) is 0 Å². The molecule has 0 saturated heterocycles. The Balaban J connectivity index is 4.85. The Hall–Kier alpha value is 0.639. The van der Waals surface area contributed by atoms with Crippen LogP contribution < -0.4 is 14.2 Å². The third-order valence-corrected chi connectivity index (χ3v) is 11.5. The van der Waals surface area contributed by atoms with Gasteiger partial charge in [0.05, 0.1) is 0 Å². The van der Waals surface area contributed by atoms with E-state index in [1.807, 2.05) is 0 Å². The van der Waals surface area contributed by atoms with Crippen LogP contribution in [0, 0.1) is 23.7 Å². The quantitative estimate of drug-likeness (QED) is 0.376. The average Bonchev–Trinajstić information content (AvgIpc) is 2.36. The van der Waals surface area contributed by atoms with Gasteiger partial charge in [-0.3, -0.25) is 0 Å². The molecule has 0 rings (SSSR count). The minimum atomic E-state index is -2.90. The number of nitrogens with one attached hydrogen (secondary N) is 4. The first-order chi connectivity index (χ1) is 9.67. The fourth-order valence-corrected chi connectivity index (χ4v) is 12.1. The van der Waals surface area contributed by atoms with Crippen molar-refractivity contribution in [3.8, 4) is 0 Å². The van der Waals surface area contributed by atoms with Crippen LogP contribution in [0.4, 0.5) is 0 Å².